The molecule has 4 heteroatoms. The van der Waals surface area contributed by atoms with Gasteiger partial charge in [-0.3, -0.25) is 0 Å². The van der Waals surface area contributed by atoms with Gasteiger partial charge in [-0.1, -0.05) is 39.8 Å². The lowest BCUT2D eigenvalue weighted by Gasteiger charge is -2.33. The summed E-state index contributed by atoms with van der Waals surface area (Å²) >= 11 is 0. The van der Waals surface area contributed by atoms with Crippen LogP contribution in [-0.2, 0) is 0 Å². The monoisotopic (exact) mass is 281 g/mol. The van der Waals surface area contributed by atoms with E-state index in [1.165, 1.54) is 0 Å². The van der Waals surface area contributed by atoms with Crippen LogP contribution >= 0.6 is 0 Å². The maximum absolute atomic E-state index is 9.54. The zero-order valence-corrected chi connectivity index (χ0v) is 12.9. The van der Waals surface area contributed by atoms with Gasteiger partial charge in [0.15, 0.2) is 11.5 Å². The molecule has 3 N–H and O–H groups in total. The molecule has 1 aromatic rings. The summed E-state index contributed by atoms with van der Waals surface area (Å²) in [5.74, 6) is 1.31. The van der Waals surface area contributed by atoms with Gasteiger partial charge in [0.1, 0.15) is 6.10 Å². The van der Waals surface area contributed by atoms with Gasteiger partial charge in [0, 0.05) is 6.04 Å². The molecule has 1 aromatic carbocycles. The molecule has 20 heavy (non-hydrogen) atoms. The highest BCUT2D eigenvalue weighted by Gasteiger charge is 2.30. The van der Waals surface area contributed by atoms with Gasteiger partial charge in [-0.25, -0.2) is 0 Å². The van der Waals surface area contributed by atoms with Crippen LogP contribution in [0.1, 0.15) is 34.1 Å². The van der Waals surface area contributed by atoms with E-state index in [0.29, 0.717) is 18.1 Å². The molecule has 2 unspecified atom stereocenters. The van der Waals surface area contributed by atoms with Crippen molar-refractivity contribution in [3.05, 3.63) is 24.3 Å². The van der Waals surface area contributed by atoms with Crippen LogP contribution in [-0.4, -0.2) is 30.5 Å². The molecule has 0 saturated heterocycles. The maximum atomic E-state index is 9.54. The predicted molar refractivity (Wildman–Crippen MR) is 81.2 cm³/mol. The van der Waals surface area contributed by atoms with Gasteiger partial charge in [0.05, 0.1) is 13.2 Å². The minimum absolute atomic E-state index is 0.124. The molecule has 0 spiro atoms. The molecule has 0 radical (unpaired) electrons. The number of benzene rings is 1. The third kappa shape index (κ3) is 4.69. The lowest BCUT2D eigenvalue weighted by atomic mass is 9.84. The van der Waals surface area contributed by atoms with Crippen LogP contribution in [0.25, 0.3) is 0 Å². The normalized spacial score (nSPS) is 14.7. The number of nitrogens with two attached hydrogens (primary N) is 1. The fraction of sp³-hybridized carbons (Fsp3) is 0.625. The number of aliphatic hydroxyl groups excluding tert-OH is 1. The standard InChI is InChI=1S/C16H27NO3/c1-5-10-19-12-8-6-7-9-13(12)20-14(11-18)15(17)16(2,3)4/h6-9,14-15,18H,5,10-11,17H2,1-4H3. The van der Waals surface area contributed by atoms with E-state index in [2.05, 4.69) is 6.92 Å². The van der Waals surface area contributed by atoms with Crippen molar-refractivity contribution in [2.45, 2.75) is 46.3 Å². The lowest BCUT2D eigenvalue weighted by molar-refractivity contribution is 0.0566. The van der Waals surface area contributed by atoms with Crippen LogP contribution in [0.15, 0.2) is 24.3 Å². The van der Waals surface area contributed by atoms with Crippen LogP contribution in [0.5, 0.6) is 11.5 Å². The second-order valence-electron chi connectivity index (χ2n) is 6.03. The van der Waals surface area contributed by atoms with E-state index < -0.39 is 6.10 Å². The third-order valence-electron chi connectivity index (χ3n) is 3.17. The Hall–Kier alpha value is -1.26. The molecule has 0 aliphatic rings. The number of aliphatic hydroxyl groups is 1. The van der Waals surface area contributed by atoms with Crippen molar-refractivity contribution < 1.29 is 14.6 Å². The Morgan fingerprint density at radius 1 is 1.20 bits per heavy atom. The van der Waals surface area contributed by atoms with Gasteiger partial charge in [-0.15, -0.1) is 0 Å². The van der Waals surface area contributed by atoms with Crippen LogP contribution < -0.4 is 15.2 Å². The van der Waals surface area contributed by atoms with Gasteiger partial charge in [-0.05, 0) is 24.0 Å². The SMILES string of the molecule is CCCOc1ccccc1OC(CO)C(N)C(C)(C)C. The van der Waals surface area contributed by atoms with Gasteiger partial charge in [0.25, 0.3) is 0 Å². The first kappa shape index (κ1) is 16.8. The van der Waals surface area contributed by atoms with Crippen molar-refractivity contribution in [3.63, 3.8) is 0 Å². The Morgan fingerprint density at radius 3 is 2.30 bits per heavy atom. The predicted octanol–water partition coefficient (Wildman–Crippen LogP) is 2.59. The number of para-hydroxylation sites is 2. The molecule has 0 fully saturated rings. The van der Waals surface area contributed by atoms with Gasteiger partial charge in [0.2, 0.25) is 0 Å². The smallest absolute Gasteiger partial charge is 0.161 e. The Bertz CT molecular complexity index is 401. The van der Waals surface area contributed by atoms with Crippen molar-refractivity contribution in [2.75, 3.05) is 13.2 Å². The van der Waals surface area contributed by atoms with Gasteiger partial charge in [-0.2, -0.15) is 0 Å². The third-order valence-corrected chi connectivity index (χ3v) is 3.17. The van der Waals surface area contributed by atoms with E-state index in [4.69, 9.17) is 15.2 Å². The number of rotatable bonds is 7. The average molecular weight is 281 g/mol. The molecule has 0 aliphatic carbocycles. The van der Waals surface area contributed by atoms with Gasteiger partial charge < -0.3 is 20.3 Å². The Labute approximate surface area is 121 Å². The van der Waals surface area contributed by atoms with Crippen molar-refractivity contribution >= 4 is 0 Å². The van der Waals surface area contributed by atoms with Crippen LogP contribution in [0.4, 0.5) is 0 Å². The number of hydrogen-bond donors (Lipinski definition) is 2. The van der Waals surface area contributed by atoms with E-state index in [1.54, 1.807) is 0 Å². The van der Waals surface area contributed by atoms with Crippen molar-refractivity contribution in [3.8, 4) is 11.5 Å². The molecular formula is C16H27NO3. The molecule has 1 rings (SSSR count). The summed E-state index contributed by atoms with van der Waals surface area (Å²) in [4.78, 5) is 0. The summed E-state index contributed by atoms with van der Waals surface area (Å²) in [7, 11) is 0. The minimum atomic E-state index is -0.457. The van der Waals surface area contributed by atoms with Crippen molar-refractivity contribution in [1.82, 2.24) is 0 Å². The lowest BCUT2D eigenvalue weighted by Crippen LogP contribution is -2.49. The van der Waals surface area contributed by atoms with Crippen LogP contribution in [0.3, 0.4) is 0 Å². The highest BCUT2D eigenvalue weighted by Crippen LogP contribution is 2.30. The summed E-state index contributed by atoms with van der Waals surface area (Å²) in [6.07, 6.45) is 0.473. The van der Waals surface area contributed by atoms with Crippen LogP contribution in [0.2, 0.25) is 0 Å². The number of hydrogen-bond acceptors (Lipinski definition) is 4. The zero-order chi connectivity index (χ0) is 15.2. The first-order chi connectivity index (χ1) is 9.40. The van der Waals surface area contributed by atoms with E-state index in [9.17, 15) is 5.11 Å². The minimum Gasteiger partial charge on any atom is -0.490 e. The molecule has 2 atom stereocenters. The van der Waals surface area contributed by atoms with E-state index in [1.807, 2.05) is 45.0 Å². The second-order valence-corrected chi connectivity index (χ2v) is 6.03. The zero-order valence-electron chi connectivity index (χ0n) is 12.9. The molecular weight excluding hydrogens is 254 g/mol. The maximum Gasteiger partial charge on any atom is 0.161 e. The molecule has 0 aromatic heterocycles. The summed E-state index contributed by atoms with van der Waals surface area (Å²) in [6, 6.07) is 7.21. The van der Waals surface area contributed by atoms with Crippen molar-refractivity contribution in [1.29, 1.82) is 0 Å². The quantitative estimate of drug-likeness (QED) is 0.806. The Balaban J connectivity index is 2.84. The Kier molecular flexibility index (Phi) is 6.30. The molecule has 4 nitrogen and oxygen atoms in total. The fourth-order valence-electron chi connectivity index (χ4n) is 1.82. The van der Waals surface area contributed by atoms with E-state index >= 15 is 0 Å². The fourth-order valence-corrected chi connectivity index (χ4v) is 1.82. The van der Waals surface area contributed by atoms with E-state index in [-0.39, 0.29) is 18.1 Å². The first-order valence-electron chi connectivity index (χ1n) is 7.15. The Morgan fingerprint density at radius 2 is 1.80 bits per heavy atom. The first-order valence-corrected chi connectivity index (χ1v) is 7.15. The van der Waals surface area contributed by atoms with Crippen LogP contribution in [0, 0.1) is 5.41 Å². The molecule has 0 saturated carbocycles. The summed E-state index contributed by atoms with van der Waals surface area (Å²) in [6.45, 7) is 8.65. The van der Waals surface area contributed by atoms with Crippen molar-refractivity contribution in [2.24, 2.45) is 11.1 Å². The largest absolute Gasteiger partial charge is 0.490 e. The molecule has 0 aliphatic heterocycles. The molecule has 114 valence electrons. The summed E-state index contributed by atoms with van der Waals surface area (Å²) in [5, 5.41) is 9.54. The average Bonchev–Trinajstić information content (AvgIpc) is 2.41. The highest BCUT2D eigenvalue weighted by atomic mass is 16.5. The molecule has 0 bridgehead atoms. The van der Waals surface area contributed by atoms with E-state index in [0.717, 1.165) is 6.42 Å². The molecule has 0 heterocycles. The summed E-state index contributed by atoms with van der Waals surface area (Å²) < 4.78 is 11.5. The molecule has 0 amide bonds. The van der Waals surface area contributed by atoms with Gasteiger partial charge >= 0.3 is 0 Å². The second kappa shape index (κ2) is 7.50. The summed E-state index contributed by atoms with van der Waals surface area (Å²) in [5.41, 5.74) is 6.03. The highest BCUT2D eigenvalue weighted by molar-refractivity contribution is 5.39. The number of ether oxygens (including phenoxy) is 2. The topological polar surface area (TPSA) is 64.7 Å².